The smallest absolute Gasteiger partial charge is 0.363 e. The number of nitrogens with one attached hydrogen (secondary N) is 1. The SMILES string of the molecule is CCCCCOC(=O)C1(O)C=CC=CN1. The summed E-state index contributed by atoms with van der Waals surface area (Å²) in [5.41, 5.74) is -1.69. The molecule has 1 rings (SSSR count). The van der Waals surface area contributed by atoms with Gasteiger partial charge in [-0.25, -0.2) is 4.79 Å². The molecule has 4 nitrogen and oxygen atoms in total. The first-order valence-corrected chi connectivity index (χ1v) is 5.20. The molecule has 0 saturated heterocycles. The fourth-order valence-corrected chi connectivity index (χ4v) is 1.23. The minimum atomic E-state index is -1.69. The molecule has 0 aromatic rings. The van der Waals surface area contributed by atoms with Crippen molar-refractivity contribution in [2.45, 2.75) is 31.9 Å². The van der Waals surface area contributed by atoms with Gasteiger partial charge >= 0.3 is 5.97 Å². The van der Waals surface area contributed by atoms with Gasteiger partial charge < -0.3 is 15.2 Å². The van der Waals surface area contributed by atoms with Crippen molar-refractivity contribution >= 4 is 5.97 Å². The largest absolute Gasteiger partial charge is 0.462 e. The second kappa shape index (κ2) is 5.56. The zero-order valence-electron chi connectivity index (χ0n) is 8.90. The van der Waals surface area contributed by atoms with Crippen LogP contribution in [0.2, 0.25) is 0 Å². The van der Waals surface area contributed by atoms with Crippen LogP contribution in [0.5, 0.6) is 0 Å². The number of carbonyl (C=O) groups is 1. The van der Waals surface area contributed by atoms with E-state index in [0.717, 1.165) is 19.3 Å². The Labute approximate surface area is 89.6 Å². The van der Waals surface area contributed by atoms with Crippen molar-refractivity contribution in [3.8, 4) is 0 Å². The Hall–Kier alpha value is -1.29. The molecule has 2 N–H and O–H groups in total. The van der Waals surface area contributed by atoms with E-state index in [0.29, 0.717) is 6.61 Å². The Morgan fingerprint density at radius 2 is 2.27 bits per heavy atom. The summed E-state index contributed by atoms with van der Waals surface area (Å²) in [5, 5.41) is 12.3. The second-order valence-corrected chi connectivity index (χ2v) is 3.47. The highest BCUT2D eigenvalue weighted by Crippen LogP contribution is 2.09. The first-order chi connectivity index (χ1) is 7.19. The zero-order valence-corrected chi connectivity index (χ0v) is 8.90. The third-order valence-corrected chi connectivity index (χ3v) is 2.14. The Morgan fingerprint density at radius 1 is 1.47 bits per heavy atom. The van der Waals surface area contributed by atoms with Crippen molar-refractivity contribution in [3.63, 3.8) is 0 Å². The summed E-state index contributed by atoms with van der Waals surface area (Å²) in [5.74, 6) is -0.654. The summed E-state index contributed by atoms with van der Waals surface area (Å²) in [4.78, 5) is 11.5. The lowest BCUT2D eigenvalue weighted by atomic mass is 10.1. The van der Waals surface area contributed by atoms with Crippen LogP contribution >= 0.6 is 0 Å². The lowest BCUT2D eigenvalue weighted by molar-refractivity contribution is -0.162. The molecule has 1 atom stereocenters. The predicted octanol–water partition coefficient (Wildman–Crippen LogP) is 1.08. The quantitative estimate of drug-likeness (QED) is 0.528. The molecule has 0 amide bonds. The summed E-state index contributed by atoms with van der Waals surface area (Å²) in [6, 6.07) is 0. The van der Waals surface area contributed by atoms with Gasteiger partial charge in [-0.3, -0.25) is 0 Å². The zero-order chi connectivity index (χ0) is 11.1. The van der Waals surface area contributed by atoms with Crippen molar-refractivity contribution in [1.82, 2.24) is 5.32 Å². The minimum Gasteiger partial charge on any atom is -0.462 e. The van der Waals surface area contributed by atoms with Crippen molar-refractivity contribution < 1.29 is 14.6 Å². The molecule has 1 aliphatic heterocycles. The average molecular weight is 211 g/mol. The van der Waals surface area contributed by atoms with Crippen LogP contribution in [-0.4, -0.2) is 23.4 Å². The highest BCUT2D eigenvalue weighted by atomic mass is 16.6. The molecule has 0 fully saturated rings. The molecule has 0 aromatic heterocycles. The lowest BCUT2D eigenvalue weighted by Crippen LogP contribution is -2.49. The number of ether oxygens (including phenoxy) is 1. The number of hydrogen-bond acceptors (Lipinski definition) is 4. The van der Waals surface area contributed by atoms with Gasteiger partial charge in [0.1, 0.15) is 0 Å². The first kappa shape index (κ1) is 11.8. The molecule has 0 bridgehead atoms. The van der Waals surface area contributed by atoms with E-state index in [4.69, 9.17) is 4.74 Å². The maximum absolute atomic E-state index is 11.5. The third kappa shape index (κ3) is 3.40. The number of esters is 1. The number of carbonyl (C=O) groups excluding carboxylic acids is 1. The predicted molar refractivity (Wildman–Crippen MR) is 56.8 cm³/mol. The third-order valence-electron chi connectivity index (χ3n) is 2.14. The maximum Gasteiger partial charge on any atom is 0.363 e. The van der Waals surface area contributed by atoms with Gasteiger partial charge in [0.05, 0.1) is 6.61 Å². The fraction of sp³-hybridized carbons (Fsp3) is 0.545. The molecule has 1 aliphatic rings. The number of aliphatic hydroxyl groups is 1. The highest BCUT2D eigenvalue weighted by Gasteiger charge is 2.34. The van der Waals surface area contributed by atoms with Crippen LogP contribution in [0.4, 0.5) is 0 Å². The fourth-order valence-electron chi connectivity index (χ4n) is 1.23. The van der Waals surface area contributed by atoms with E-state index in [1.165, 1.54) is 12.3 Å². The van der Waals surface area contributed by atoms with E-state index in [9.17, 15) is 9.90 Å². The summed E-state index contributed by atoms with van der Waals surface area (Å²) in [6.07, 6.45) is 9.10. The Kier molecular flexibility index (Phi) is 4.37. The van der Waals surface area contributed by atoms with Gasteiger partial charge in [-0.05, 0) is 24.8 Å². The first-order valence-electron chi connectivity index (χ1n) is 5.20. The molecular weight excluding hydrogens is 194 g/mol. The van der Waals surface area contributed by atoms with Crippen LogP contribution in [0.3, 0.4) is 0 Å². The van der Waals surface area contributed by atoms with E-state index in [1.54, 1.807) is 12.2 Å². The summed E-state index contributed by atoms with van der Waals surface area (Å²) >= 11 is 0. The normalized spacial score (nSPS) is 23.6. The van der Waals surface area contributed by atoms with E-state index in [-0.39, 0.29) is 0 Å². The standard InChI is InChI=1S/C11H17NO3/c1-2-3-6-9-15-10(13)11(14)7-4-5-8-12-11/h4-5,7-8,12,14H,2-3,6,9H2,1H3. The molecule has 15 heavy (non-hydrogen) atoms. The monoisotopic (exact) mass is 211 g/mol. The van der Waals surface area contributed by atoms with Crippen molar-refractivity contribution in [2.75, 3.05) is 6.61 Å². The van der Waals surface area contributed by atoms with Gasteiger partial charge in [0.2, 0.25) is 0 Å². The van der Waals surface area contributed by atoms with E-state index in [2.05, 4.69) is 12.2 Å². The van der Waals surface area contributed by atoms with Gasteiger partial charge in [-0.1, -0.05) is 25.8 Å². The molecule has 0 spiro atoms. The van der Waals surface area contributed by atoms with E-state index < -0.39 is 11.7 Å². The van der Waals surface area contributed by atoms with Gasteiger partial charge in [0.15, 0.2) is 0 Å². The maximum atomic E-state index is 11.5. The summed E-state index contributed by atoms with van der Waals surface area (Å²) in [7, 11) is 0. The molecule has 1 unspecified atom stereocenters. The Balaban J connectivity index is 2.33. The van der Waals surface area contributed by atoms with Gasteiger partial charge in [0.25, 0.3) is 5.72 Å². The molecule has 1 heterocycles. The molecule has 0 aromatic carbocycles. The summed E-state index contributed by atoms with van der Waals surface area (Å²) < 4.78 is 4.95. The Bertz CT molecular complexity index is 273. The summed E-state index contributed by atoms with van der Waals surface area (Å²) in [6.45, 7) is 2.43. The van der Waals surface area contributed by atoms with Crippen LogP contribution in [0, 0.1) is 0 Å². The number of unbranched alkanes of at least 4 members (excludes halogenated alkanes) is 2. The van der Waals surface area contributed by atoms with E-state index in [1.807, 2.05) is 0 Å². The number of dihydropyridines is 1. The van der Waals surface area contributed by atoms with Crippen molar-refractivity contribution in [3.05, 3.63) is 24.4 Å². The second-order valence-electron chi connectivity index (χ2n) is 3.47. The van der Waals surface area contributed by atoms with Gasteiger partial charge in [0, 0.05) is 0 Å². The number of allylic oxidation sites excluding steroid dienone is 2. The molecule has 84 valence electrons. The van der Waals surface area contributed by atoms with Crippen molar-refractivity contribution in [2.24, 2.45) is 0 Å². The highest BCUT2D eigenvalue weighted by molar-refractivity contribution is 5.81. The average Bonchev–Trinajstić information content (AvgIpc) is 2.25. The van der Waals surface area contributed by atoms with Crippen LogP contribution < -0.4 is 5.32 Å². The number of hydrogen-bond donors (Lipinski definition) is 2. The van der Waals surface area contributed by atoms with Crippen LogP contribution in [0.1, 0.15) is 26.2 Å². The van der Waals surface area contributed by atoms with Gasteiger partial charge in [-0.2, -0.15) is 0 Å². The molecule has 0 radical (unpaired) electrons. The molecule has 4 heteroatoms. The van der Waals surface area contributed by atoms with Gasteiger partial charge in [-0.15, -0.1) is 0 Å². The topological polar surface area (TPSA) is 58.6 Å². The lowest BCUT2D eigenvalue weighted by Gasteiger charge is -2.24. The van der Waals surface area contributed by atoms with Crippen LogP contribution in [0.25, 0.3) is 0 Å². The molecule has 0 saturated carbocycles. The molecular formula is C11H17NO3. The van der Waals surface area contributed by atoms with E-state index >= 15 is 0 Å². The number of rotatable bonds is 5. The van der Waals surface area contributed by atoms with Crippen LogP contribution in [0.15, 0.2) is 24.4 Å². The molecule has 0 aliphatic carbocycles. The Morgan fingerprint density at radius 3 is 2.87 bits per heavy atom. The minimum absolute atomic E-state index is 0.355. The van der Waals surface area contributed by atoms with Crippen LogP contribution in [-0.2, 0) is 9.53 Å². The van der Waals surface area contributed by atoms with Crippen molar-refractivity contribution in [1.29, 1.82) is 0 Å².